The third-order valence-electron chi connectivity index (χ3n) is 3.50. The molecule has 44 valence electrons. The van der Waals surface area contributed by atoms with Crippen molar-refractivity contribution in [1.29, 1.82) is 0 Å². The van der Waals surface area contributed by atoms with Crippen molar-refractivity contribution in [2.24, 2.45) is 0 Å². The summed E-state index contributed by atoms with van der Waals surface area (Å²) in [5.41, 5.74) is 0.929. The Kier molecular flexibility index (Phi) is 0.372. The van der Waals surface area contributed by atoms with Crippen LogP contribution in [0.1, 0.15) is 19.3 Å². The van der Waals surface area contributed by atoms with Gasteiger partial charge in [0.05, 0.1) is 13.1 Å². The van der Waals surface area contributed by atoms with Gasteiger partial charge in [0.25, 0.3) is 0 Å². The Hall–Kier alpha value is -0.0400. The monoisotopic (exact) mass is 110 g/mol. The summed E-state index contributed by atoms with van der Waals surface area (Å²) >= 11 is 0. The van der Waals surface area contributed by atoms with Gasteiger partial charge in [-0.3, -0.25) is 0 Å². The Bertz CT molecular complexity index is 142. The molecule has 0 unspecified atom stereocenters. The van der Waals surface area contributed by atoms with Gasteiger partial charge in [-0.05, 0) is 0 Å². The molecule has 2 saturated heterocycles. The van der Waals surface area contributed by atoms with Gasteiger partial charge in [-0.1, -0.05) is 0 Å². The van der Waals surface area contributed by atoms with E-state index >= 15 is 0 Å². The van der Waals surface area contributed by atoms with Crippen LogP contribution >= 0.6 is 0 Å². The van der Waals surface area contributed by atoms with Crippen molar-refractivity contribution in [3.63, 3.8) is 0 Å². The number of hydrogen-bond donors (Lipinski definition) is 0. The summed E-state index contributed by atoms with van der Waals surface area (Å²) in [6.45, 7) is 4.62. The van der Waals surface area contributed by atoms with Gasteiger partial charge in [0.2, 0.25) is 0 Å². The van der Waals surface area contributed by atoms with E-state index in [2.05, 4.69) is 0 Å². The molecule has 8 heavy (non-hydrogen) atoms. The molecule has 0 atom stereocenters. The molecule has 0 bridgehead atoms. The van der Waals surface area contributed by atoms with Gasteiger partial charge in [0.1, 0.15) is 12.1 Å². The molecule has 3 rings (SSSR count). The van der Waals surface area contributed by atoms with E-state index in [9.17, 15) is 0 Å². The van der Waals surface area contributed by atoms with Crippen LogP contribution in [-0.4, -0.2) is 29.7 Å². The second kappa shape index (κ2) is 0.766. The van der Waals surface area contributed by atoms with Gasteiger partial charge in [-0.25, -0.2) is 0 Å². The van der Waals surface area contributed by atoms with E-state index in [-0.39, 0.29) is 0 Å². The fourth-order valence-corrected chi connectivity index (χ4v) is 2.48. The summed E-state index contributed by atoms with van der Waals surface area (Å²) in [4.78, 5) is 0. The molecule has 1 saturated carbocycles. The van der Waals surface area contributed by atoms with Crippen LogP contribution < -0.4 is 0 Å². The lowest BCUT2D eigenvalue weighted by atomic mass is 10.2. The molecule has 0 aromatic heterocycles. The summed E-state index contributed by atoms with van der Waals surface area (Å²) in [6, 6.07) is 0. The fraction of sp³-hybridized carbons (Fsp3) is 1.00. The highest BCUT2D eigenvalue weighted by Crippen LogP contribution is 2.63. The fourth-order valence-electron chi connectivity index (χ4n) is 2.48. The van der Waals surface area contributed by atoms with Crippen molar-refractivity contribution in [2.45, 2.75) is 24.8 Å². The normalized spacial score (nSPS) is 42.0. The SMILES string of the molecule is C1C[N+]2(C1)CC21CC1. The number of quaternary nitrogens is 1. The lowest BCUT2D eigenvalue weighted by molar-refractivity contribution is -0.861. The molecule has 1 heteroatoms. The van der Waals surface area contributed by atoms with E-state index in [4.69, 9.17) is 0 Å². The molecule has 1 aliphatic carbocycles. The minimum Gasteiger partial charge on any atom is -0.309 e. The molecule has 0 N–H and O–H groups in total. The van der Waals surface area contributed by atoms with E-state index in [1.807, 2.05) is 0 Å². The molecular weight excluding hydrogens is 98.1 g/mol. The van der Waals surface area contributed by atoms with Gasteiger partial charge in [0.15, 0.2) is 0 Å². The highest BCUT2D eigenvalue weighted by atomic mass is 15.6. The van der Waals surface area contributed by atoms with Crippen molar-refractivity contribution in [2.75, 3.05) is 19.6 Å². The topological polar surface area (TPSA) is 0 Å². The average molecular weight is 110 g/mol. The number of nitrogens with zero attached hydrogens (tertiary/aromatic N) is 1. The maximum atomic E-state index is 1.56. The predicted octanol–water partition coefficient (Wildman–Crippen LogP) is 0.753. The first-order valence-electron chi connectivity index (χ1n) is 3.73. The highest BCUT2D eigenvalue weighted by Gasteiger charge is 2.78. The number of fused-ring (bicyclic) bond motifs is 1. The first-order chi connectivity index (χ1) is 3.87. The molecule has 2 spiro atoms. The molecule has 0 radical (unpaired) electrons. The van der Waals surface area contributed by atoms with Crippen LogP contribution in [0.25, 0.3) is 0 Å². The van der Waals surface area contributed by atoms with Crippen LogP contribution in [0.5, 0.6) is 0 Å². The van der Waals surface area contributed by atoms with E-state index in [0.29, 0.717) is 0 Å². The van der Waals surface area contributed by atoms with Crippen molar-refractivity contribution in [3.05, 3.63) is 0 Å². The Morgan fingerprint density at radius 3 is 2.00 bits per heavy atom. The Morgan fingerprint density at radius 1 is 1.12 bits per heavy atom. The van der Waals surface area contributed by atoms with Gasteiger partial charge in [-0.15, -0.1) is 0 Å². The minimum absolute atomic E-state index is 0.929. The summed E-state index contributed by atoms with van der Waals surface area (Å²) in [6.07, 6.45) is 4.64. The lowest BCUT2D eigenvalue weighted by Crippen LogP contribution is -2.42. The summed E-state index contributed by atoms with van der Waals surface area (Å²) in [5.74, 6) is 0. The molecular formula is C7H12N+. The zero-order valence-electron chi connectivity index (χ0n) is 5.19. The summed E-state index contributed by atoms with van der Waals surface area (Å²) < 4.78 is 1.56. The van der Waals surface area contributed by atoms with Crippen molar-refractivity contribution < 1.29 is 4.48 Å². The predicted molar refractivity (Wildman–Crippen MR) is 31.4 cm³/mol. The zero-order valence-corrected chi connectivity index (χ0v) is 5.19. The average Bonchev–Trinajstić information content (AvgIpc) is 2.45. The smallest absolute Gasteiger partial charge is 0.149 e. The van der Waals surface area contributed by atoms with E-state index in [1.54, 1.807) is 23.9 Å². The van der Waals surface area contributed by atoms with Crippen LogP contribution in [0.4, 0.5) is 0 Å². The Balaban J connectivity index is 1.94. The quantitative estimate of drug-likeness (QED) is 0.319. The van der Waals surface area contributed by atoms with Crippen LogP contribution in [0.3, 0.4) is 0 Å². The molecule has 0 aromatic rings. The van der Waals surface area contributed by atoms with Gasteiger partial charge in [-0.2, -0.15) is 0 Å². The molecule has 3 aliphatic rings. The Labute approximate surface area is 49.9 Å². The van der Waals surface area contributed by atoms with Crippen molar-refractivity contribution in [3.8, 4) is 0 Å². The molecule has 1 nitrogen and oxygen atoms in total. The standard InChI is InChI=1S/C7H12N/c1-4-8(5-1)6-7(8)2-3-7/h1-6H2/q+1. The summed E-state index contributed by atoms with van der Waals surface area (Å²) in [5, 5.41) is 0. The van der Waals surface area contributed by atoms with E-state index < -0.39 is 0 Å². The van der Waals surface area contributed by atoms with Crippen LogP contribution in [0.2, 0.25) is 0 Å². The van der Waals surface area contributed by atoms with Crippen LogP contribution in [-0.2, 0) is 0 Å². The second-order valence-electron chi connectivity index (χ2n) is 3.83. The van der Waals surface area contributed by atoms with E-state index in [1.165, 1.54) is 19.5 Å². The maximum absolute atomic E-state index is 1.56. The van der Waals surface area contributed by atoms with E-state index in [0.717, 1.165) is 5.54 Å². The third-order valence-corrected chi connectivity index (χ3v) is 3.50. The maximum Gasteiger partial charge on any atom is 0.149 e. The second-order valence-corrected chi connectivity index (χ2v) is 3.83. The summed E-state index contributed by atoms with van der Waals surface area (Å²) in [7, 11) is 0. The van der Waals surface area contributed by atoms with Gasteiger partial charge in [0, 0.05) is 19.3 Å². The first kappa shape index (κ1) is 3.89. The van der Waals surface area contributed by atoms with Crippen molar-refractivity contribution >= 4 is 0 Å². The zero-order chi connectivity index (χ0) is 5.24. The molecule has 0 amide bonds. The van der Waals surface area contributed by atoms with Gasteiger partial charge >= 0.3 is 0 Å². The van der Waals surface area contributed by atoms with Crippen LogP contribution in [0, 0.1) is 0 Å². The largest absolute Gasteiger partial charge is 0.309 e. The number of rotatable bonds is 0. The third kappa shape index (κ3) is 0.218. The molecule has 2 heterocycles. The molecule has 0 aromatic carbocycles. The van der Waals surface area contributed by atoms with Crippen LogP contribution in [0.15, 0.2) is 0 Å². The molecule has 2 aliphatic heterocycles. The Morgan fingerprint density at radius 2 is 1.88 bits per heavy atom. The highest BCUT2D eigenvalue weighted by molar-refractivity contribution is 5.09. The minimum atomic E-state index is 0.929. The van der Waals surface area contributed by atoms with Gasteiger partial charge < -0.3 is 4.48 Å². The first-order valence-corrected chi connectivity index (χ1v) is 3.73. The van der Waals surface area contributed by atoms with Crippen molar-refractivity contribution in [1.82, 2.24) is 0 Å². The number of hydrogen-bond acceptors (Lipinski definition) is 0. The molecule has 3 fully saturated rings. The lowest BCUT2D eigenvalue weighted by Gasteiger charge is -2.29.